The lowest BCUT2D eigenvalue weighted by Gasteiger charge is -2.04. The molecule has 0 fully saturated rings. The normalized spacial score (nSPS) is 10.5. The summed E-state index contributed by atoms with van der Waals surface area (Å²) in [5.74, 6) is 1.71. The third-order valence-corrected chi connectivity index (χ3v) is 4.60. The number of rotatable bonds is 5. The molecule has 1 aromatic carbocycles. The van der Waals surface area contributed by atoms with Crippen LogP contribution in [0.1, 0.15) is 0 Å². The summed E-state index contributed by atoms with van der Waals surface area (Å²) in [7, 11) is 0. The van der Waals surface area contributed by atoms with E-state index in [0.29, 0.717) is 5.69 Å². The van der Waals surface area contributed by atoms with Crippen LogP contribution in [0.15, 0.2) is 52.5 Å². The van der Waals surface area contributed by atoms with Gasteiger partial charge in [0.15, 0.2) is 0 Å². The van der Waals surface area contributed by atoms with Crippen molar-refractivity contribution in [3.63, 3.8) is 0 Å². The van der Waals surface area contributed by atoms with Crippen molar-refractivity contribution in [1.82, 2.24) is 4.98 Å². The molecular formula is C13H13FN2S2. The molecule has 0 radical (unpaired) electrons. The van der Waals surface area contributed by atoms with E-state index in [2.05, 4.69) is 4.98 Å². The Balaban J connectivity index is 1.76. The molecule has 94 valence electrons. The van der Waals surface area contributed by atoms with Crippen LogP contribution in [0.4, 0.5) is 10.1 Å². The Morgan fingerprint density at radius 1 is 1.06 bits per heavy atom. The zero-order valence-corrected chi connectivity index (χ0v) is 11.3. The number of aromatic nitrogens is 1. The van der Waals surface area contributed by atoms with Crippen molar-refractivity contribution in [3.8, 4) is 0 Å². The third kappa shape index (κ3) is 3.92. The number of thioether (sulfide) groups is 2. The molecule has 0 saturated heterocycles. The van der Waals surface area contributed by atoms with E-state index >= 15 is 0 Å². The molecule has 2 nitrogen and oxygen atoms in total. The molecular weight excluding hydrogens is 267 g/mol. The fourth-order valence-corrected chi connectivity index (χ4v) is 3.19. The van der Waals surface area contributed by atoms with Crippen molar-refractivity contribution >= 4 is 29.2 Å². The maximum atomic E-state index is 12.7. The predicted molar refractivity (Wildman–Crippen MR) is 76.5 cm³/mol. The van der Waals surface area contributed by atoms with Gasteiger partial charge in [-0.05, 0) is 30.3 Å². The number of anilines is 1. The highest BCUT2D eigenvalue weighted by Gasteiger charge is 2.00. The van der Waals surface area contributed by atoms with Gasteiger partial charge in [0.05, 0.1) is 11.9 Å². The maximum Gasteiger partial charge on any atom is 0.123 e. The van der Waals surface area contributed by atoms with Gasteiger partial charge in [-0.15, -0.1) is 23.5 Å². The first-order chi connectivity index (χ1) is 8.75. The first-order valence-electron chi connectivity index (χ1n) is 5.46. The summed E-state index contributed by atoms with van der Waals surface area (Å²) in [6.45, 7) is 0. The van der Waals surface area contributed by atoms with E-state index in [1.807, 2.05) is 6.07 Å². The van der Waals surface area contributed by atoms with E-state index in [0.717, 1.165) is 21.3 Å². The lowest BCUT2D eigenvalue weighted by Crippen LogP contribution is -1.91. The number of pyridine rings is 1. The smallest absolute Gasteiger partial charge is 0.123 e. The number of halogens is 1. The van der Waals surface area contributed by atoms with Crippen LogP contribution in [0.3, 0.4) is 0 Å². The average Bonchev–Trinajstić information content (AvgIpc) is 2.39. The predicted octanol–water partition coefficient (Wildman–Crippen LogP) is 3.69. The van der Waals surface area contributed by atoms with Gasteiger partial charge in [-0.3, -0.25) is 4.98 Å². The van der Waals surface area contributed by atoms with Crippen LogP contribution in [0.5, 0.6) is 0 Å². The standard InChI is InChI=1S/C13H13FN2S2/c14-10-1-3-11(4-2-10)17-7-8-18-13-5-6-16-9-12(13)15/h1-6,9H,7-8,15H2. The molecule has 0 atom stereocenters. The Morgan fingerprint density at radius 3 is 2.50 bits per heavy atom. The summed E-state index contributed by atoms with van der Waals surface area (Å²) in [4.78, 5) is 6.09. The van der Waals surface area contributed by atoms with Gasteiger partial charge >= 0.3 is 0 Å². The molecule has 2 N–H and O–H groups in total. The zero-order valence-electron chi connectivity index (χ0n) is 9.67. The molecule has 0 unspecified atom stereocenters. The van der Waals surface area contributed by atoms with Gasteiger partial charge in [0.1, 0.15) is 5.82 Å². The highest BCUT2D eigenvalue weighted by atomic mass is 32.2. The molecule has 2 aromatic rings. The number of hydrogen-bond donors (Lipinski definition) is 1. The van der Waals surface area contributed by atoms with Gasteiger partial charge in [0.2, 0.25) is 0 Å². The van der Waals surface area contributed by atoms with E-state index in [1.165, 1.54) is 12.1 Å². The molecule has 0 spiro atoms. The van der Waals surface area contributed by atoms with Gasteiger partial charge in [-0.2, -0.15) is 0 Å². The third-order valence-electron chi connectivity index (χ3n) is 2.23. The Morgan fingerprint density at radius 2 is 1.78 bits per heavy atom. The second kappa shape index (κ2) is 6.66. The van der Waals surface area contributed by atoms with Crippen LogP contribution in [-0.4, -0.2) is 16.5 Å². The van der Waals surface area contributed by atoms with Crippen LogP contribution in [0.2, 0.25) is 0 Å². The summed E-state index contributed by atoms with van der Waals surface area (Å²) in [6, 6.07) is 8.48. The first kappa shape index (κ1) is 13.2. The minimum absolute atomic E-state index is 0.196. The van der Waals surface area contributed by atoms with Crippen LogP contribution in [-0.2, 0) is 0 Å². The fourth-order valence-electron chi connectivity index (χ4n) is 1.37. The van der Waals surface area contributed by atoms with Crippen molar-refractivity contribution in [2.45, 2.75) is 9.79 Å². The van der Waals surface area contributed by atoms with Crippen molar-refractivity contribution in [1.29, 1.82) is 0 Å². The lowest BCUT2D eigenvalue weighted by molar-refractivity contribution is 0.626. The molecule has 0 aliphatic rings. The van der Waals surface area contributed by atoms with E-state index in [1.54, 1.807) is 48.1 Å². The van der Waals surface area contributed by atoms with Gasteiger partial charge in [-0.25, -0.2) is 4.39 Å². The van der Waals surface area contributed by atoms with Crippen molar-refractivity contribution in [2.24, 2.45) is 0 Å². The molecule has 1 aromatic heterocycles. The number of nitrogen functional groups attached to an aromatic ring is 1. The summed E-state index contributed by atoms with van der Waals surface area (Å²) in [6.07, 6.45) is 3.40. The zero-order chi connectivity index (χ0) is 12.8. The summed E-state index contributed by atoms with van der Waals surface area (Å²) < 4.78 is 12.7. The minimum Gasteiger partial charge on any atom is -0.397 e. The summed E-state index contributed by atoms with van der Waals surface area (Å²) in [5, 5.41) is 0. The largest absolute Gasteiger partial charge is 0.397 e. The second-order valence-electron chi connectivity index (χ2n) is 3.56. The van der Waals surface area contributed by atoms with Gasteiger partial charge in [0.25, 0.3) is 0 Å². The molecule has 0 bridgehead atoms. The Hall–Kier alpha value is -1.20. The number of nitrogens with zero attached hydrogens (tertiary/aromatic N) is 1. The van der Waals surface area contributed by atoms with E-state index in [-0.39, 0.29) is 5.82 Å². The molecule has 0 saturated carbocycles. The van der Waals surface area contributed by atoms with E-state index in [9.17, 15) is 4.39 Å². The molecule has 0 aliphatic heterocycles. The van der Waals surface area contributed by atoms with Crippen LogP contribution in [0.25, 0.3) is 0 Å². The molecule has 5 heteroatoms. The SMILES string of the molecule is Nc1cnccc1SCCSc1ccc(F)cc1. The fraction of sp³-hybridized carbons (Fsp3) is 0.154. The molecule has 0 aliphatic carbocycles. The monoisotopic (exact) mass is 280 g/mol. The van der Waals surface area contributed by atoms with Crippen LogP contribution < -0.4 is 5.73 Å². The Bertz CT molecular complexity index is 503. The highest BCUT2D eigenvalue weighted by molar-refractivity contribution is 8.03. The summed E-state index contributed by atoms with van der Waals surface area (Å²) >= 11 is 3.42. The molecule has 1 heterocycles. The van der Waals surface area contributed by atoms with Gasteiger partial charge in [-0.1, -0.05) is 0 Å². The number of hydrogen-bond acceptors (Lipinski definition) is 4. The second-order valence-corrected chi connectivity index (χ2v) is 5.87. The van der Waals surface area contributed by atoms with Crippen LogP contribution in [0, 0.1) is 5.82 Å². The highest BCUT2D eigenvalue weighted by Crippen LogP contribution is 2.26. The van der Waals surface area contributed by atoms with Gasteiger partial charge < -0.3 is 5.73 Å². The maximum absolute atomic E-state index is 12.7. The lowest BCUT2D eigenvalue weighted by atomic mass is 10.4. The van der Waals surface area contributed by atoms with Gasteiger partial charge in [0, 0.05) is 27.5 Å². The topological polar surface area (TPSA) is 38.9 Å². The van der Waals surface area contributed by atoms with Crippen LogP contribution >= 0.6 is 23.5 Å². The quantitative estimate of drug-likeness (QED) is 0.669. The first-order valence-corrected chi connectivity index (χ1v) is 7.43. The number of benzene rings is 1. The molecule has 18 heavy (non-hydrogen) atoms. The van der Waals surface area contributed by atoms with E-state index < -0.39 is 0 Å². The van der Waals surface area contributed by atoms with Crippen molar-refractivity contribution in [3.05, 3.63) is 48.5 Å². The minimum atomic E-state index is -0.196. The number of nitrogens with two attached hydrogens (primary N) is 1. The average molecular weight is 280 g/mol. The Labute approximate surface area is 114 Å². The summed E-state index contributed by atoms with van der Waals surface area (Å²) in [5.41, 5.74) is 6.52. The van der Waals surface area contributed by atoms with Crippen molar-refractivity contribution < 1.29 is 4.39 Å². The van der Waals surface area contributed by atoms with Crippen molar-refractivity contribution in [2.75, 3.05) is 17.2 Å². The molecule has 2 rings (SSSR count). The molecule has 0 amide bonds. The van der Waals surface area contributed by atoms with E-state index in [4.69, 9.17) is 5.73 Å². The Kier molecular flexibility index (Phi) is 4.90.